The Morgan fingerprint density at radius 2 is 2.30 bits per heavy atom. The van der Waals surface area contributed by atoms with E-state index in [0.717, 1.165) is 23.0 Å². The molecule has 2 aromatic rings. The summed E-state index contributed by atoms with van der Waals surface area (Å²) < 4.78 is 0. The van der Waals surface area contributed by atoms with Crippen LogP contribution in [0, 0.1) is 0 Å². The molecule has 5 nitrogen and oxygen atoms in total. The Hall–Kier alpha value is -2.30. The molecule has 1 saturated heterocycles. The van der Waals surface area contributed by atoms with Crippen molar-refractivity contribution in [1.82, 2.24) is 9.88 Å². The fraction of sp³-hybridized carbons (Fsp3) is 0.333. The average Bonchev–Trinajstić information content (AvgIpc) is 2.96. The zero-order chi connectivity index (χ0) is 14.1. The number of anilines is 1. The molecule has 1 fully saturated rings. The van der Waals surface area contributed by atoms with Crippen molar-refractivity contribution in [3.8, 4) is 0 Å². The molecular weight excluding hydrogens is 254 g/mol. The third-order valence-electron chi connectivity index (χ3n) is 3.98. The Kier molecular flexibility index (Phi) is 3.18. The first-order chi connectivity index (χ1) is 9.65. The van der Waals surface area contributed by atoms with Crippen LogP contribution in [-0.2, 0) is 0 Å². The number of fused-ring (bicyclic) bond motifs is 1. The number of hydrogen-bond acceptors (Lipinski definition) is 3. The fourth-order valence-corrected chi connectivity index (χ4v) is 2.72. The van der Waals surface area contributed by atoms with E-state index in [1.54, 1.807) is 6.20 Å². The smallest absolute Gasteiger partial charge is 0.407 e. The molecule has 0 spiro atoms. The Morgan fingerprint density at radius 3 is 3.05 bits per heavy atom. The molecule has 5 heteroatoms. The van der Waals surface area contributed by atoms with Crippen LogP contribution in [0.15, 0.2) is 36.5 Å². The number of amides is 1. The van der Waals surface area contributed by atoms with E-state index < -0.39 is 6.09 Å². The zero-order valence-corrected chi connectivity index (χ0v) is 11.4. The number of hydrogen-bond donors (Lipinski definition) is 1. The number of carboxylic acid groups (broad SMARTS) is 1. The SMILES string of the molecule is CN(c1ccc2ncccc2c1)[C@@H]1CCN(C(=O)O)C1. The quantitative estimate of drug-likeness (QED) is 0.911. The summed E-state index contributed by atoms with van der Waals surface area (Å²) in [6.07, 6.45) is 1.82. The summed E-state index contributed by atoms with van der Waals surface area (Å²) in [5.41, 5.74) is 2.07. The number of likely N-dealkylation sites (N-methyl/N-ethyl adjacent to an activating group) is 1. The number of benzene rings is 1. The Balaban J connectivity index is 1.82. The highest BCUT2D eigenvalue weighted by Gasteiger charge is 2.28. The largest absolute Gasteiger partial charge is 0.465 e. The summed E-state index contributed by atoms with van der Waals surface area (Å²) in [6.45, 7) is 1.18. The molecule has 3 rings (SSSR count). The predicted octanol–water partition coefficient (Wildman–Crippen LogP) is 2.42. The van der Waals surface area contributed by atoms with Crippen LogP contribution in [0.5, 0.6) is 0 Å². The van der Waals surface area contributed by atoms with E-state index in [0.29, 0.717) is 13.1 Å². The summed E-state index contributed by atoms with van der Waals surface area (Å²) in [4.78, 5) is 18.9. The van der Waals surface area contributed by atoms with Gasteiger partial charge in [0.1, 0.15) is 0 Å². The van der Waals surface area contributed by atoms with Gasteiger partial charge in [0.05, 0.1) is 5.52 Å². The second kappa shape index (κ2) is 5.00. The molecule has 0 bridgehead atoms. The van der Waals surface area contributed by atoms with Gasteiger partial charge in [0.15, 0.2) is 0 Å². The molecule has 1 atom stereocenters. The molecule has 0 unspecified atom stereocenters. The molecule has 1 amide bonds. The van der Waals surface area contributed by atoms with Gasteiger partial charge in [0.25, 0.3) is 0 Å². The van der Waals surface area contributed by atoms with Gasteiger partial charge in [-0.1, -0.05) is 6.07 Å². The van der Waals surface area contributed by atoms with Gasteiger partial charge in [-0.15, -0.1) is 0 Å². The van der Waals surface area contributed by atoms with Crippen molar-refractivity contribution in [2.75, 3.05) is 25.0 Å². The maximum absolute atomic E-state index is 11.0. The lowest BCUT2D eigenvalue weighted by molar-refractivity contribution is 0.155. The fourth-order valence-electron chi connectivity index (χ4n) is 2.72. The van der Waals surface area contributed by atoms with Gasteiger partial charge >= 0.3 is 6.09 Å². The maximum Gasteiger partial charge on any atom is 0.407 e. The van der Waals surface area contributed by atoms with Gasteiger partial charge in [-0.25, -0.2) is 4.79 Å². The van der Waals surface area contributed by atoms with Gasteiger partial charge in [0, 0.05) is 43.4 Å². The highest BCUT2D eigenvalue weighted by atomic mass is 16.4. The summed E-state index contributed by atoms with van der Waals surface area (Å²) >= 11 is 0. The van der Waals surface area contributed by atoms with Crippen molar-refractivity contribution in [2.45, 2.75) is 12.5 Å². The molecule has 20 heavy (non-hydrogen) atoms. The molecule has 104 valence electrons. The predicted molar refractivity (Wildman–Crippen MR) is 78.1 cm³/mol. The van der Waals surface area contributed by atoms with E-state index in [1.165, 1.54) is 4.90 Å². The molecule has 2 heterocycles. The summed E-state index contributed by atoms with van der Waals surface area (Å²) in [7, 11) is 2.02. The molecular formula is C15H17N3O2. The molecule has 1 aromatic carbocycles. The third-order valence-corrected chi connectivity index (χ3v) is 3.98. The van der Waals surface area contributed by atoms with Crippen LogP contribution in [0.25, 0.3) is 10.9 Å². The molecule has 1 N–H and O–H groups in total. The average molecular weight is 271 g/mol. The minimum atomic E-state index is -0.830. The number of likely N-dealkylation sites (tertiary alicyclic amines) is 1. The summed E-state index contributed by atoms with van der Waals surface area (Å²) in [6, 6.07) is 10.3. The number of nitrogens with zero attached hydrogens (tertiary/aromatic N) is 3. The summed E-state index contributed by atoms with van der Waals surface area (Å²) in [5, 5.41) is 10.1. The minimum absolute atomic E-state index is 0.236. The van der Waals surface area contributed by atoms with Crippen molar-refractivity contribution in [1.29, 1.82) is 0 Å². The van der Waals surface area contributed by atoms with Crippen molar-refractivity contribution >= 4 is 22.7 Å². The first-order valence-corrected chi connectivity index (χ1v) is 6.70. The first-order valence-electron chi connectivity index (χ1n) is 6.70. The zero-order valence-electron chi connectivity index (χ0n) is 11.4. The lowest BCUT2D eigenvalue weighted by Crippen LogP contribution is -2.36. The van der Waals surface area contributed by atoms with Crippen molar-refractivity contribution < 1.29 is 9.90 Å². The van der Waals surface area contributed by atoms with Gasteiger partial charge < -0.3 is 14.9 Å². The van der Waals surface area contributed by atoms with Crippen molar-refractivity contribution in [3.05, 3.63) is 36.5 Å². The number of aromatic nitrogens is 1. The summed E-state index contributed by atoms with van der Waals surface area (Å²) in [5.74, 6) is 0. The van der Waals surface area contributed by atoms with Gasteiger partial charge in [-0.2, -0.15) is 0 Å². The van der Waals surface area contributed by atoms with Gasteiger partial charge in [-0.3, -0.25) is 4.98 Å². The van der Waals surface area contributed by atoms with Crippen LogP contribution >= 0.6 is 0 Å². The molecule has 0 radical (unpaired) electrons. The van der Waals surface area contributed by atoms with E-state index in [1.807, 2.05) is 31.3 Å². The van der Waals surface area contributed by atoms with Crippen LogP contribution in [0.2, 0.25) is 0 Å². The second-order valence-electron chi connectivity index (χ2n) is 5.16. The third kappa shape index (κ3) is 2.27. The molecule has 1 aliphatic heterocycles. The Labute approximate surface area is 117 Å². The van der Waals surface area contributed by atoms with Crippen LogP contribution in [0.3, 0.4) is 0 Å². The number of carbonyl (C=O) groups is 1. The molecule has 0 saturated carbocycles. The first kappa shape index (κ1) is 12.7. The van der Waals surface area contributed by atoms with Crippen LogP contribution < -0.4 is 4.90 Å². The van der Waals surface area contributed by atoms with E-state index in [9.17, 15) is 4.79 Å². The molecule has 1 aliphatic rings. The highest BCUT2D eigenvalue weighted by Crippen LogP contribution is 2.24. The standard InChI is InChI=1S/C15H17N3O2/c1-17(13-6-8-18(10-13)15(19)20)12-4-5-14-11(9-12)3-2-7-16-14/h2-5,7,9,13H,6,8,10H2,1H3,(H,19,20)/t13-/m1/s1. The van der Waals surface area contributed by atoms with Gasteiger partial charge in [-0.05, 0) is 30.7 Å². The van der Waals surface area contributed by atoms with E-state index >= 15 is 0 Å². The Bertz CT molecular complexity index is 644. The molecule has 1 aromatic heterocycles. The molecule has 0 aliphatic carbocycles. The lowest BCUT2D eigenvalue weighted by Gasteiger charge is -2.26. The lowest BCUT2D eigenvalue weighted by atomic mass is 10.1. The van der Waals surface area contributed by atoms with Crippen molar-refractivity contribution in [2.24, 2.45) is 0 Å². The van der Waals surface area contributed by atoms with Crippen molar-refractivity contribution in [3.63, 3.8) is 0 Å². The van der Waals surface area contributed by atoms with Crippen LogP contribution in [-0.4, -0.2) is 47.3 Å². The van der Waals surface area contributed by atoms with Gasteiger partial charge in [0.2, 0.25) is 0 Å². The Morgan fingerprint density at radius 1 is 1.45 bits per heavy atom. The maximum atomic E-state index is 11.0. The van der Waals surface area contributed by atoms with E-state index in [-0.39, 0.29) is 6.04 Å². The monoisotopic (exact) mass is 271 g/mol. The van der Waals surface area contributed by atoms with E-state index in [4.69, 9.17) is 5.11 Å². The van der Waals surface area contributed by atoms with Crippen LogP contribution in [0.4, 0.5) is 10.5 Å². The topological polar surface area (TPSA) is 56.7 Å². The highest BCUT2D eigenvalue weighted by molar-refractivity contribution is 5.82. The minimum Gasteiger partial charge on any atom is -0.465 e. The number of rotatable bonds is 2. The second-order valence-corrected chi connectivity index (χ2v) is 5.16. The normalized spacial score (nSPS) is 18.4. The number of pyridine rings is 1. The van der Waals surface area contributed by atoms with Crippen LogP contribution in [0.1, 0.15) is 6.42 Å². The van der Waals surface area contributed by atoms with E-state index in [2.05, 4.69) is 16.0 Å².